The van der Waals surface area contributed by atoms with E-state index in [1.807, 2.05) is 84.2 Å². The number of hydrogen-bond acceptors (Lipinski definition) is 6. The standard InChI is InChI=1S/C26H16N4O2S/c31-26-24-23(27-16-30(26)28-15-19-12-7-13-33-19)22-20(17-8-3-1-4-9-17)14-21(29-25(22)32-24)18-10-5-2-6-11-18/h1-16H/b28-15-. The Morgan fingerprint density at radius 1 is 0.939 bits per heavy atom. The van der Waals surface area contributed by atoms with Crippen molar-refractivity contribution in [1.29, 1.82) is 0 Å². The van der Waals surface area contributed by atoms with Crippen molar-refractivity contribution in [1.82, 2.24) is 14.6 Å². The van der Waals surface area contributed by atoms with Gasteiger partial charge >= 0.3 is 5.56 Å². The third kappa shape index (κ3) is 3.44. The molecule has 6 nitrogen and oxygen atoms in total. The molecule has 0 radical (unpaired) electrons. The first-order chi connectivity index (χ1) is 16.3. The first-order valence-electron chi connectivity index (χ1n) is 10.3. The monoisotopic (exact) mass is 448 g/mol. The highest BCUT2D eigenvalue weighted by molar-refractivity contribution is 7.11. The number of aromatic nitrogens is 3. The quantitative estimate of drug-likeness (QED) is 0.319. The van der Waals surface area contributed by atoms with Gasteiger partial charge in [-0.1, -0.05) is 66.7 Å². The highest BCUT2D eigenvalue weighted by atomic mass is 32.1. The Morgan fingerprint density at radius 3 is 2.42 bits per heavy atom. The van der Waals surface area contributed by atoms with E-state index >= 15 is 0 Å². The van der Waals surface area contributed by atoms with Gasteiger partial charge < -0.3 is 4.42 Å². The van der Waals surface area contributed by atoms with Crippen molar-refractivity contribution in [2.45, 2.75) is 0 Å². The molecule has 0 atom stereocenters. The van der Waals surface area contributed by atoms with E-state index in [0.717, 1.165) is 27.3 Å². The van der Waals surface area contributed by atoms with Gasteiger partial charge in [0.05, 0.1) is 17.3 Å². The fraction of sp³-hybridized carbons (Fsp3) is 0. The number of furan rings is 1. The molecule has 7 heteroatoms. The number of hydrogen-bond donors (Lipinski definition) is 0. The van der Waals surface area contributed by atoms with E-state index in [4.69, 9.17) is 9.40 Å². The second kappa shape index (κ2) is 7.96. The summed E-state index contributed by atoms with van der Waals surface area (Å²) in [5, 5.41) is 6.92. The van der Waals surface area contributed by atoms with Crippen molar-refractivity contribution in [3.63, 3.8) is 0 Å². The van der Waals surface area contributed by atoms with Crippen molar-refractivity contribution >= 4 is 39.8 Å². The Labute approximate surface area is 192 Å². The molecule has 0 saturated heterocycles. The minimum absolute atomic E-state index is 0.130. The largest absolute Gasteiger partial charge is 0.430 e. The number of pyridine rings is 1. The van der Waals surface area contributed by atoms with Crippen LogP contribution in [0.1, 0.15) is 4.88 Å². The van der Waals surface area contributed by atoms with Crippen LogP contribution in [0.15, 0.2) is 105 Å². The molecule has 0 fully saturated rings. The molecule has 2 aromatic carbocycles. The van der Waals surface area contributed by atoms with Gasteiger partial charge in [-0.25, -0.2) is 9.97 Å². The predicted octanol–water partition coefficient (Wildman–Crippen LogP) is 5.82. The van der Waals surface area contributed by atoms with Crippen molar-refractivity contribution in [2.75, 3.05) is 0 Å². The molecule has 4 heterocycles. The minimum Gasteiger partial charge on any atom is -0.430 e. The fourth-order valence-corrected chi connectivity index (χ4v) is 4.37. The van der Waals surface area contributed by atoms with E-state index in [1.54, 1.807) is 6.21 Å². The number of thiophene rings is 1. The Kier molecular flexibility index (Phi) is 4.66. The third-order valence-corrected chi connectivity index (χ3v) is 6.15. The maximum atomic E-state index is 13.2. The molecule has 0 unspecified atom stereocenters. The van der Waals surface area contributed by atoms with E-state index in [2.05, 4.69) is 10.1 Å². The molecule has 33 heavy (non-hydrogen) atoms. The summed E-state index contributed by atoms with van der Waals surface area (Å²) < 4.78 is 7.19. The van der Waals surface area contributed by atoms with Gasteiger partial charge in [-0.2, -0.15) is 9.78 Å². The van der Waals surface area contributed by atoms with Crippen LogP contribution in [0.4, 0.5) is 0 Å². The summed E-state index contributed by atoms with van der Waals surface area (Å²) >= 11 is 1.54. The second-order valence-corrected chi connectivity index (χ2v) is 8.38. The van der Waals surface area contributed by atoms with Gasteiger partial charge in [0.15, 0.2) is 0 Å². The third-order valence-electron chi connectivity index (χ3n) is 5.34. The summed E-state index contributed by atoms with van der Waals surface area (Å²) in [6, 6.07) is 25.7. The summed E-state index contributed by atoms with van der Waals surface area (Å²) in [4.78, 5) is 23.4. The van der Waals surface area contributed by atoms with Crippen molar-refractivity contribution in [2.24, 2.45) is 5.10 Å². The molecule has 0 saturated carbocycles. The van der Waals surface area contributed by atoms with Crippen molar-refractivity contribution in [3.8, 4) is 22.4 Å². The van der Waals surface area contributed by atoms with E-state index in [9.17, 15) is 4.79 Å². The summed E-state index contributed by atoms with van der Waals surface area (Å²) in [5.74, 6) is 0. The molecule has 0 aliphatic rings. The van der Waals surface area contributed by atoms with E-state index in [0.29, 0.717) is 16.6 Å². The molecular formula is C26H16N4O2S. The van der Waals surface area contributed by atoms with E-state index in [-0.39, 0.29) is 11.1 Å². The average Bonchev–Trinajstić information content (AvgIpc) is 3.52. The molecule has 0 aliphatic heterocycles. The van der Waals surface area contributed by atoms with Crippen LogP contribution in [-0.4, -0.2) is 20.9 Å². The molecule has 0 spiro atoms. The molecule has 0 bridgehead atoms. The molecule has 0 N–H and O–H groups in total. The number of rotatable bonds is 4. The molecule has 6 rings (SSSR count). The van der Waals surface area contributed by atoms with Crippen molar-refractivity contribution < 1.29 is 4.42 Å². The molecule has 6 aromatic rings. The first-order valence-corrected chi connectivity index (χ1v) is 11.2. The molecular weight excluding hydrogens is 432 g/mol. The highest BCUT2D eigenvalue weighted by Gasteiger charge is 2.20. The molecule has 0 amide bonds. The Bertz CT molecular complexity index is 1670. The average molecular weight is 449 g/mol. The number of benzene rings is 2. The Morgan fingerprint density at radius 2 is 1.70 bits per heavy atom. The predicted molar refractivity (Wildman–Crippen MR) is 132 cm³/mol. The van der Waals surface area contributed by atoms with Crippen LogP contribution in [0.2, 0.25) is 0 Å². The van der Waals surface area contributed by atoms with Gasteiger partial charge in [0.2, 0.25) is 11.3 Å². The number of fused-ring (bicyclic) bond motifs is 3. The topological polar surface area (TPSA) is 73.3 Å². The van der Waals surface area contributed by atoms with Gasteiger partial charge in [-0.3, -0.25) is 4.79 Å². The first kappa shape index (κ1) is 19.3. The van der Waals surface area contributed by atoms with Gasteiger partial charge in [-0.05, 0) is 28.6 Å². The lowest BCUT2D eigenvalue weighted by atomic mass is 10.00. The van der Waals surface area contributed by atoms with Crippen LogP contribution in [-0.2, 0) is 0 Å². The Hall–Kier alpha value is -4.36. The summed E-state index contributed by atoms with van der Waals surface area (Å²) in [6.45, 7) is 0. The molecule has 158 valence electrons. The fourth-order valence-electron chi connectivity index (χ4n) is 3.79. The van der Waals surface area contributed by atoms with Crippen LogP contribution in [0, 0.1) is 0 Å². The van der Waals surface area contributed by atoms with Crippen LogP contribution in [0.3, 0.4) is 0 Å². The maximum Gasteiger partial charge on any atom is 0.317 e. The highest BCUT2D eigenvalue weighted by Crippen LogP contribution is 2.36. The lowest BCUT2D eigenvalue weighted by molar-refractivity contribution is 0.637. The van der Waals surface area contributed by atoms with Crippen LogP contribution >= 0.6 is 11.3 Å². The van der Waals surface area contributed by atoms with E-state index in [1.165, 1.54) is 22.3 Å². The maximum absolute atomic E-state index is 13.2. The zero-order valence-electron chi connectivity index (χ0n) is 17.3. The van der Waals surface area contributed by atoms with Crippen molar-refractivity contribution in [3.05, 3.63) is 106 Å². The van der Waals surface area contributed by atoms with Gasteiger partial charge in [0.25, 0.3) is 0 Å². The zero-order chi connectivity index (χ0) is 22.2. The van der Waals surface area contributed by atoms with Gasteiger partial charge in [0.1, 0.15) is 11.8 Å². The second-order valence-electron chi connectivity index (χ2n) is 7.40. The molecule has 0 aliphatic carbocycles. The number of nitrogens with zero attached hydrogens (tertiary/aromatic N) is 4. The normalized spacial score (nSPS) is 11.6. The smallest absolute Gasteiger partial charge is 0.317 e. The summed E-state index contributed by atoms with van der Waals surface area (Å²) in [6.07, 6.45) is 3.05. The summed E-state index contributed by atoms with van der Waals surface area (Å²) in [5.41, 5.74) is 4.21. The minimum atomic E-state index is -0.383. The van der Waals surface area contributed by atoms with Crippen LogP contribution in [0.25, 0.3) is 44.6 Å². The zero-order valence-corrected chi connectivity index (χ0v) is 18.1. The van der Waals surface area contributed by atoms with Gasteiger partial charge in [-0.15, -0.1) is 11.3 Å². The Balaban J connectivity index is 1.61. The SMILES string of the molecule is O=c1c2oc3nc(-c4ccccc4)cc(-c4ccccc4)c3c2ncn1/N=C\c1cccs1. The van der Waals surface area contributed by atoms with Crippen LogP contribution < -0.4 is 5.56 Å². The lowest BCUT2D eigenvalue weighted by Gasteiger charge is -2.07. The lowest BCUT2D eigenvalue weighted by Crippen LogP contribution is -2.16. The van der Waals surface area contributed by atoms with Crippen LogP contribution in [0.5, 0.6) is 0 Å². The molecule has 4 aromatic heterocycles. The summed E-state index contributed by atoms with van der Waals surface area (Å²) in [7, 11) is 0. The van der Waals surface area contributed by atoms with E-state index < -0.39 is 0 Å². The van der Waals surface area contributed by atoms with Gasteiger partial charge in [0, 0.05) is 10.4 Å².